The molecule has 0 heterocycles. The third-order valence-corrected chi connectivity index (χ3v) is 3.37. The number of benzene rings is 2. The van der Waals surface area contributed by atoms with E-state index in [0.29, 0.717) is 5.56 Å². The predicted molar refractivity (Wildman–Crippen MR) is 85.9 cm³/mol. The quantitative estimate of drug-likeness (QED) is 0.619. The van der Waals surface area contributed by atoms with Gasteiger partial charge < -0.3 is 15.6 Å². The lowest BCUT2D eigenvalue weighted by Gasteiger charge is -2.16. The summed E-state index contributed by atoms with van der Waals surface area (Å²) in [6.45, 7) is 1.47. The number of ether oxygens (including phenoxy) is 1. The van der Waals surface area contributed by atoms with Gasteiger partial charge in [-0.25, -0.2) is 0 Å². The van der Waals surface area contributed by atoms with Crippen molar-refractivity contribution in [1.29, 1.82) is 0 Å². The van der Waals surface area contributed by atoms with Gasteiger partial charge in [-0.3, -0.25) is 10.1 Å². The van der Waals surface area contributed by atoms with Crippen LogP contribution in [0, 0.1) is 17.0 Å². The van der Waals surface area contributed by atoms with Crippen LogP contribution in [0.25, 0.3) is 0 Å². The molecule has 0 radical (unpaired) electrons. The highest BCUT2D eigenvalue weighted by molar-refractivity contribution is 5.85. The molecule has 0 bridgehead atoms. The van der Waals surface area contributed by atoms with Crippen LogP contribution in [0.2, 0.25) is 0 Å². The van der Waals surface area contributed by atoms with Gasteiger partial charge in [-0.2, -0.15) is 0 Å². The summed E-state index contributed by atoms with van der Waals surface area (Å²) in [6.07, 6.45) is -4.81. The first kappa shape index (κ1) is 20.5. The second-order valence-corrected chi connectivity index (χ2v) is 5.02. The van der Waals surface area contributed by atoms with E-state index >= 15 is 0 Å². The van der Waals surface area contributed by atoms with Gasteiger partial charge in [0, 0.05) is 11.1 Å². The maximum Gasteiger partial charge on any atom is 0.573 e. The minimum Gasteiger partial charge on any atom is -0.502 e. The van der Waals surface area contributed by atoms with E-state index in [4.69, 9.17) is 5.73 Å². The fourth-order valence-electron chi connectivity index (χ4n) is 2.23. The summed E-state index contributed by atoms with van der Waals surface area (Å²) in [7, 11) is 0. The van der Waals surface area contributed by atoms with E-state index in [-0.39, 0.29) is 23.5 Å². The zero-order valence-electron chi connectivity index (χ0n) is 12.8. The number of nitrogens with two attached hydrogens (primary N) is 1. The van der Waals surface area contributed by atoms with E-state index in [1.165, 1.54) is 31.2 Å². The fraction of sp³-hybridized carbons (Fsp3) is 0.200. The molecule has 0 spiro atoms. The molecule has 10 heteroatoms. The first-order valence-electron chi connectivity index (χ1n) is 6.68. The topological polar surface area (TPSA) is 98.6 Å². The van der Waals surface area contributed by atoms with Crippen LogP contribution in [0.4, 0.5) is 18.9 Å². The Hall–Kier alpha value is -2.52. The molecule has 2 aromatic rings. The molecule has 0 aliphatic carbocycles. The average Bonchev–Trinajstić information content (AvgIpc) is 2.45. The van der Waals surface area contributed by atoms with Crippen molar-refractivity contribution in [2.24, 2.45) is 5.73 Å². The Bertz CT molecular complexity index is 767. The van der Waals surface area contributed by atoms with E-state index in [1.54, 1.807) is 0 Å². The Kier molecular flexibility index (Phi) is 6.22. The SMILES string of the molecule is Cc1ccc([C@@H](N)c2ccc(OC(F)(F)F)cc2)c(O)c1[N+](=O)[O-].Cl. The van der Waals surface area contributed by atoms with Gasteiger partial charge in [-0.15, -0.1) is 25.6 Å². The number of phenols is 1. The van der Waals surface area contributed by atoms with E-state index < -0.39 is 34.5 Å². The highest BCUT2D eigenvalue weighted by Gasteiger charge is 2.31. The van der Waals surface area contributed by atoms with Crippen LogP contribution in [0.1, 0.15) is 22.7 Å². The number of alkyl halides is 3. The number of nitrogens with zero attached hydrogens (tertiary/aromatic N) is 1. The van der Waals surface area contributed by atoms with Gasteiger partial charge in [0.05, 0.1) is 11.0 Å². The Labute approximate surface area is 146 Å². The van der Waals surface area contributed by atoms with Crippen molar-refractivity contribution in [3.8, 4) is 11.5 Å². The van der Waals surface area contributed by atoms with Crippen molar-refractivity contribution in [3.05, 3.63) is 63.2 Å². The van der Waals surface area contributed by atoms with Crippen LogP contribution >= 0.6 is 12.4 Å². The van der Waals surface area contributed by atoms with Crippen molar-refractivity contribution in [2.45, 2.75) is 19.3 Å². The van der Waals surface area contributed by atoms with Gasteiger partial charge in [-0.1, -0.05) is 24.3 Å². The van der Waals surface area contributed by atoms with Crippen molar-refractivity contribution < 1.29 is 27.9 Å². The highest BCUT2D eigenvalue weighted by Crippen LogP contribution is 2.37. The minimum atomic E-state index is -4.81. The Balaban J connectivity index is 0.00000312. The number of halogens is 4. The summed E-state index contributed by atoms with van der Waals surface area (Å²) >= 11 is 0. The average molecular weight is 379 g/mol. The smallest absolute Gasteiger partial charge is 0.502 e. The fourth-order valence-corrected chi connectivity index (χ4v) is 2.23. The zero-order valence-corrected chi connectivity index (χ0v) is 13.6. The summed E-state index contributed by atoms with van der Waals surface area (Å²) in [4.78, 5) is 10.3. The molecule has 0 fully saturated rings. The summed E-state index contributed by atoms with van der Waals surface area (Å²) in [5.74, 6) is -0.985. The van der Waals surface area contributed by atoms with Gasteiger partial charge in [-0.05, 0) is 24.6 Å². The zero-order chi connectivity index (χ0) is 18.1. The molecule has 3 N–H and O–H groups in total. The largest absolute Gasteiger partial charge is 0.573 e. The molecule has 0 aromatic heterocycles. The summed E-state index contributed by atoms with van der Waals surface area (Å²) in [5.41, 5.74) is 6.23. The molecule has 25 heavy (non-hydrogen) atoms. The molecule has 6 nitrogen and oxygen atoms in total. The van der Waals surface area contributed by atoms with E-state index in [2.05, 4.69) is 4.74 Å². The van der Waals surface area contributed by atoms with Crippen LogP contribution < -0.4 is 10.5 Å². The lowest BCUT2D eigenvalue weighted by molar-refractivity contribution is -0.386. The van der Waals surface area contributed by atoms with Crippen LogP contribution in [0.5, 0.6) is 11.5 Å². The van der Waals surface area contributed by atoms with Crippen LogP contribution in [-0.4, -0.2) is 16.4 Å². The molecule has 0 aliphatic rings. The maximum absolute atomic E-state index is 12.1. The lowest BCUT2D eigenvalue weighted by atomic mass is 9.96. The van der Waals surface area contributed by atoms with Gasteiger partial charge in [0.15, 0.2) is 5.75 Å². The molecule has 1 atom stereocenters. The predicted octanol–water partition coefficient (Wildman–Crippen LogP) is 3.98. The summed E-state index contributed by atoms with van der Waals surface area (Å²) in [5, 5.41) is 21.1. The van der Waals surface area contributed by atoms with Gasteiger partial charge in [0.2, 0.25) is 0 Å². The highest BCUT2D eigenvalue weighted by atomic mass is 35.5. The number of nitro groups is 1. The van der Waals surface area contributed by atoms with Gasteiger partial charge >= 0.3 is 12.0 Å². The minimum absolute atomic E-state index is 0. The third kappa shape index (κ3) is 4.74. The number of aromatic hydroxyl groups is 1. The monoisotopic (exact) mass is 378 g/mol. The normalized spacial score (nSPS) is 12.2. The summed E-state index contributed by atoms with van der Waals surface area (Å²) in [6, 6.07) is 6.64. The molecule has 0 saturated heterocycles. The van der Waals surface area contributed by atoms with Crippen molar-refractivity contribution in [3.63, 3.8) is 0 Å². The Morgan fingerprint density at radius 2 is 1.76 bits per heavy atom. The molecule has 0 amide bonds. The molecule has 136 valence electrons. The van der Waals surface area contributed by atoms with E-state index in [9.17, 15) is 28.4 Å². The molecule has 2 aromatic carbocycles. The maximum atomic E-state index is 12.1. The Morgan fingerprint density at radius 3 is 2.24 bits per heavy atom. The molecule has 0 saturated carbocycles. The second-order valence-electron chi connectivity index (χ2n) is 5.02. The number of hydrogen-bond donors (Lipinski definition) is 2. The Morgan fingerprint density at radius 1 is 1.20 bits per heavy atom. The number of phenolic OH excluding ortho intramolecular Hbond substituents is 1. The van der Waals surface area contributed by atoms with Crippen molar-refractivity contribution in [1.82, 2.24) is 0 Å². The molecular weight excluding hydrogens is 365 g/mol. The first-order chi connectivity index (χ1) is 11.1. The van der Waals surface area contributed by atoms with E-state index in [1.807, 2.05) is 0 Å². The molecule has 0 aliphatic heterocycles. The second kappa shape index (κ2) is 7.58. The van der Waals surface area contributed by atoms with Crippen LogP contribution in [0.3, 0.4) is 0 Å². The van der Waals surface area contributed by atoms with Crippen molar-refractivity contribution >= 4 is 18.1 Å². The summed E-state index contributed by atoms with van der Waals surface area (Å²) < 4.78 is 40.1. The van der Waals surface area contributed by atoms with Crippen LogP contribution in [0.15, 0.2) is 36.4 Å². The van der Waals surface area contributed by atoms with E-state index in [0.717, 1.165) is 12.1 Å². The van der Waals surface area contributed by atoms with Crippen molar-refractivity contribution in [2.75, 3.05) is 0 Å². The van der Waals surface area contributed by atoms with Gasteiger partial charge in [0.25, 0.3) is 0 Å². The molecule has 0 unspecified atom stereocenters. The number of aryl methyl sites for hydroxylation is 1. The molecule has 2 rings (SSSR count). The number of nitro benzene ring substituents is 1. The third-order valence-electron chi connectivity index (χ3n) is 3.37. The standard InChI is InChI=1S/C15H13F3N2O4.ClH/c1-8-2-7-11(14(21)13(8)20(22)23)12(19)9-3-5-10(6-4-9)24-15(16,17)18;/h2-7,12,21H,19H2,1H3;1H/t12-;/m0./s1. The first-order valence-corrected chi connectivity index (χ1v) is 6.68. The number of hydrogen-bond acceptors (Lipinski definition) is 5. The lowest BCUT2D eigenvalue weighted by Crippen LogP contribution is -2.17. The van der Waals surface area contributed by atoms with Gasteiger partial charge in [0.1, 0.15) is 5.75 Å². The van der Waals surface area contributed by atoms with Crippen LogP contribution in [-0.2, 0) is 0 Å². The molecular formula is C15H14ClF3N2O4. The number of rotatable bonds is 4.